The first-order chi connectivity index (χ1) is 21.3. The van der Waals surface area contributed by atoms with E-state index in [9.17, 15) is 9.59 Å². The van der Waals surface area contributed by atoms with Gasteiger partial charge in [-0.2, -0.15) is 0 Å². The molecule has 2 N–H and O–H groups in total. The van der Waals surface area contributed by atoms with E-state index in [1.807, 2.05) is 43.3 Å². The summed E-state index contributed by atoms with van der Waals surface area (Å²) in [5.41, 5.74) is 6.38. The standard InChI is InChI=1S/C39H40N4O2/c1-8-33(42-36(44)29-13-9-11-23-19-25-21-27(38(2,3)4)15-17-31(25)40-34(23)29)43-37(45)30-14-10-12-24-20-26-22-28(39(5,6)7)16-18-32(26)41-35(24)30/h9-22,33H,8H2,1-7H3,(H,42,44)(H,43,45). The predicted octanol–water partition coefficient (Wildman–Crippen LogP) is 8.58. The van der Waals surface area contributed by atoms with E-state index in [1.165, 1.54) is 11.1 Å². The maximum Gasteiger partial charge on any atom is 0.255 e. The molecule has 6 rings (SSSR count). The lowest BCUT2D eigenvalue weighted by Gasteiger charge is -2.20. The molecule has 228 valence electrons. The zero-order chi connectivity index (χ0) is 32.1. The fourth-order valence-electron chi connectivity index (χ4n) is 5.74. The van der Waals surface area contributed by atoms with Crippen molar-refractivity contribution in [2.24, 2.45) is 0 Å². The monoisotopic (exact) mass is 596 g/mol. The topological polar surface area (TPSA) is 84.0 Å². The van der Waals surface area contributed by atoms with Gasteiger partial charge in [-0.05, 0) is 76.9 Å². The summed E-state index contributed by atoms with van der Waals surface area (Å²) in [5.74, 6) is -0.579. The van der Waals surface area contributed by atoms with Gasteiger partial charge in [0.05, 0.1) is 33.2 Å². The number of benzene rings is 4. The molecule has 2 heterocycles. The maximum atomic E-state index is 13.6. The van der Waals surface area contributed by atoms with Crippen molar-refractivity contribution in [3.63, 3.8) is 0 Å². The molecule has 6 heteroatoms. The third-order valence-corrected chi connectivity index (χ3v) is 8.52. The van der Waals surface area contributed by atoms with Crippen molar-refractivity contribution in [1.82, 2.24) is 20.6 Å². The molecule has 45 heavy (non-hydrogen) atoms. The van der Waals surface area contributed by atoms with Crippen molar-refractivity contribution < 1.29 is 9.59 Å². The molecule has 0 aliphatic rings. The van der Waals surface area contributed by atoms with Crippen LogP contribution in [0.2, 0.25) is 0 Å². The van der Waals surface area contributed by atoms with Crippen molar-refractivity contribution in [2.45, 2.75) is 71.9 Å². The van der Waals surface area contributed by atoms with Crippen molar-refractivity contribution >= 4 is 55.4 Å². The second-order valence-corrected chi connectivity index (χ2v) is 14.0. The summed E-state index contributed by atoms with van der Waals surface area (Å²) in [5, 5.41) is 9.90. The summed E-state index contributed by atoms with van der Waals surface area (Å²) in [6, 6.07) is 28.0. The van der Waals surface area contributed by atoms with Crippen LogP contribution in [-0.4, -0.2) is 27.9 Å². The number of rotatable bonds is 5. The van der Waals surface area contributed by atoms with Gasteiger partial charge in [0.1, 0.15) is 6.17 Å². The Morgan fingerprint density at radius 3 is 1.40 bits per heavy atom. The molecule has 0 unspecified atom stereocenters. The van der Waals surface area contributed by atoms with Crippen molar-refractivity contribution in [2.75, 3.05) is 0 Å². The second kappa shape index (κ2) is 11.3. The number of nitrogens with zero attached hydrogens (tertiary/aromatic N) is 2. The molecule has 0 bridgehead atoms. The smallest absolute Gasteiger partial charge is 0.255 e. The van der Waals surface area contributed by atoms with Crippen molar-refractivity contribution in [3.05, 3.63) is 107 Å². The highest BCUT2D eigenvalue weighted by Gasteiger charge is 2.21. The molecule has 6 nitrogen and oxygen atoms in total. The number of nitrogens with one attached hydrogen (secondary N) is 2. The highest BCUT2D eigenvalue weighted by molar-refractivity contribution is 6.09. The zero-order valence-corrected chi connectivity index (χ0v) is 27.1. The second-order valence-electron chi connectivity index (χ2n) is 14.0. The van der Waals surface area contributed by atoms with Gasteiger partial charge in [-0.15, -0.1) is 0 Å². The molecule has 2 aromatic heterocycles. The summed E-state index contributed by atoms with van der Waals surface area (Å²) in [4.78, 5) is 37.0. The van der Waals surface area contributed by atoms with Crippen LogP contribution in [0, 0.1) is 0 Å². The van der Waals surface area contributed by atoms with E-state index in [2.05, 4.69) is 88.6 Å². The molecule has 0 saturated heterocycles. The van der Waals surface area contributed by atoms with Gasteiger partial charge in [-0.1, -0.05) is 84.9 Å². The molecule has 0 fully saturated rings. The SMILES string of the molecule is CCC(NC(=O)c1cccc2cc3cc(C(C)(C)C)ccc3nc12)NC(=O)c1cccc2cc3cc(C(C)(C)C)ccc3nc12. The largest absolute Gasteiger partial charge is 0.332 e. The number of para-hydroxylation sites is 2. The lowest BCUT2D eigenvalue weighted by atomic mass is 9.86. The van der Waals surface area contributed by atoms with Crippen molar-refractivity contribution in [3.8, 4) is 0 Å². The summed E-state index contributed by atoms with van der Waals surface area (Å²) in [6.45, 7) is 15.1. The Morgan fingerprint density at radius 1 is 0.600 bits per heavy atom. The molecule has 0 saturated carbocycles. The van der Waals surface area contributed by atoms with E-state index >= 15 is 0 Å². The number of aromatic nitrogens is 2. The van der Waals surface area contributed by atoms with Crippen LogP contribution in [0.4, 0.5) is 0 Å². The fraction of sp³-hybridized carbons (Fsp3) is 0.282. The zero-order valence-electron chi connectivity index (χ0n) is 27.1. The fourth-order valence-corrected chi connectivity index (χ4v) is 5.74. The summed E-state index contributed by atoms with van der Waals surface area (Å²) < 4.78 is 0. The van der Waals surface area contributed by atoms with Crippen LogP contribution in [0.1, 0.15) is 86.7 Å². The minimum Gasteiger partial charge on any atom is -0.332 e. The van der Waals surface area contributed by atoms with Crippen LogP contribution in [0.25, 0.3) is 43.6 Å². The van der Waals surface area contributed by atoms with Gasteiger partial charge in [0, 0.05) is 21.5 Å². The van der Waals surface area contributed by atoms with Crippen LogP contribution in [0.5, 0.6) is 0 Å². The molecule has 0 spiro atoms. The molecular weight excluding hydrogens is 556 g/mol. The number of pyridine rings is 2. The maximum absolute atomic E-state index is 13.6. The van der Waals surface area contributed by atoms with E-state index in [-0.39, 0.29) is 22.6 Å². The third kappa shape index (κ3) is 5.97. The van der Waals surface area contributed by atoms with Gasteiger partial charge in [-0.3, -0.25) is 9.59 Å². The van der Waals surface area contributed by atoms with Gasteiger partial charge in [0.15, 0.2) is 0 Å². The van der Waals surface area contributed by atoms with Gasteiger partial charge in [0.2, 0.25) is 0 Å². The molecule has 0 aliphatic carbocycles. The molecular formula is C39H40N4O2. The van der Waals surface area contributed by atoms with Crippen LogP contribution >= 0.6 is 0 Å². The van der Waals surface area contributed by atoms with Gasteiger partial charge < -0.3 is 10.6 Å². The number of carbonyl (C=O) groups excluding carboxylic acids is 2. The molecule has 2 amide bonds. The van der Waals surface area contributed by atoms with Crippen molar-refractivity contribution in [1.29, 1.82) is 0 Å². The van der Waals surface area contributed by atoms with Crippen LogP contribution in [0.3, 0.4) is 0 Å². The lowest BCUT2D eigenvalue weighted by molar-refractivity contribution is 0.0883. The number of amides is 2. The normalized spacial score (nSPS) is 12.4. The highest BCUT2D eigenvalue weighted by Crippen LogP contribution is 2.30. The average Bonchev–Trinajstić information content (AvgIpc) is 3.00. The van der Waals surface area contributed by atoms with Gasteiger partial charge in [0.25, 0.3) is 11.8 Å². The summed E-state index contributed by atoms with van der Waals surface area (Å²) in [7, 11) is 0. The number of hydrogen-bond donors (Lipinski definition) is 2. The molecule has 0 radical (unpaired) electrons. The van der Waals surface area contributed by atoms with E-state index in [0.29, 0.717) is 28.6 Å². The Hall–Kier alpha value is -4.84. The first kappa shape index (κ1) is 30.2. The van der Waals surface area contributed by atoms with E-state index in [1.54, 1.807) is 12.1 Å². The van der Waals surface area contributed by atoms with Gasteiger partial charge >= 0.3 is 0 Å². The van der Waals surface area contributed by atoms with E-state index in [0.717, 1.165) is 32.6 Å². The molecule has 0 atom stereocenters. The quantitative estimate of drug-likeness (QED) is 0.154. The number of fused-ring (bicyclic) bond motifs is 4. The third-order valence-electron chi connectivity index (χ3n) is 8.52. The minimum absolute atomic E-state index is 0.0243. The summed E-state index contributed by atoms with van der Waals surface area (Å²) >= 11 is 0. The Balaban J connectivity index is 1.26. The van der Waals surface area contributed by atoms with Crippen LogP contribution in [0.15, 0.2) is 84.9 Å². The van der Waals surface area contributed by atoms with Crippen LogP contribution < -0.4 is 10.6 Å². The first-order valence-corrected chi connectivity index (χ1v) is 15.6. The predicted molar refractivity (Wildman–Crippen MR) is 185 cm³/mol. The molecule has 6 aromatic rings. The highest BCUT2D eigenvalue weighted by atomic mass is 16.2. The lowest BCUT2D eigenvalue weighted by Crippen LogP contribution is -2.47. The Kier molecular flexibility index (Phi) is 7.56. The van der Waals surface area contributed by atoms with Crippen LogP contribution in [-0.2, 0) is 10.8 Å². The average molecular weight is 597 g/mol. The number of hydrogen-bond acceptors (Lipinski definition) is 4. The number of carbonyl (C=O) groups is 2. The Labute approximate surface area is 264 Å². The van der Waals surface area contributed by atoms with Gasteiger partial charge in [-0.25, -0.2) is 9.97 Å². The summed E-state index contributed by atoms with van der Waals surface area (Å²) in [6.07, 6.45) is -0.0784. The first-order valence-electron chi connectivity index (χ1n) is 15.6. The molecule has 0 aliphatic heterocycles. The Bertz CT molecular complexity index is 1970. The molecule has 4 aromatic carbocycles. The van der Waals surface area contributed by atoms with E-state index < -0.39 is 6.17 Å². The van der Waals surface area contributed by atoms with E-state index in [4.69, 9.17) is 9.97 Å². The minimum atomic E-state index is -0.583. The Morgan fingerprint density at radius 2 is 1.02 bits per heavy atom.